The van der Waals surface area contributed by atoms with Crippen LogP contribution < -0.4 is 5.32 Å². The van der Waals surface area contributed by atoms with Gasteiger partial charge in [-0.25, -0.2) is 4.98 Å². The average molecular weight is 363 g/mol. The number of rotatable bonds is 7. The number of nitrogens with one attached hydrogen (secondary N) is 1. The zero-order chi connectivity index (χ0) is 18.7. The van der Waals surface area contributed by atoms with Gasteiger partial charge in [0.1, 0.15) is 0 Å². The fraction of sp³-hybridized carbons (Fsp3) is 0.529. The molecule has 1 atom stereocenters. The van der Waals surface area contributed by atoms with Crippen molar-refractivity contribution < 1.29 is 9.59 Å². The molecule has 0 bridgehead atoms. The number of nitrogens with zero attached hydrogens (tertiary/aromatic N) is 4. The highest BCUT2D eigenvalue weighted by Gasteiger charge is 2.20. The minimum absolute atomic E-state index is 0.00120. The van der Waals surface area contributed by atoms with Crippen molar-refractivity contribution in [2.45, 2.75) is 51.9 Å². The number of aromatic nitrogens is 4. The first-order valence-electron chi connectivity index (χ1n) is 8.14. The van der Waals surface area contributed by atoms with Gasteiger partial charge in [0.15, 0.2) is 10.9 Å². The zero-order valence-corrected chi connectivity index (χ0v) is 16.4. The van der Waals surface area contributed by atoms with E-state index in [-0.39, 0.29) is 17.7 Å². The molecule has 2 aromatic rings. The molecule has 0 aliphatic heterocycles. The van der Waals surface area contributed by atoms with E-state index in [1.807, 2.05) is 38.6 Å². The fourth-order valence-corrected chi connectivity index (χ4v) is 3.55. The second-order valence-electron chi connectivity index (χ2n) is 6.17. The monoisotopic (exact) mass is 363 g/mol. The topological polar surface area (TPSA) is 81.8 Å². The summed E-state index contributed by atoms with van der Waals surface area (Å²) in [6.07, 6.45) is 4.04. The number of aryl methyl sites for hydroxylation is 1. The van der Waals surface area contributed by atoms with Gasteiger partial charge in [0.05, 0.1) is 35.7 Å². The Morgan fingerprint density at radius 1 is 1.36 bits per heavy atom. The summed E-state index contributed by atoms with van der Waals surface area (Å²) < 4.78 is 3.73. The molecule has 0 spiro atoms. The molecule has 0 saturated carbocycles. The molecule has 0 unspecified atom stereocenters. The van der Waals surface area contributed by atoms with E-state index in [0.717, 1.165) is 16.5 Å². The number of hydrogen-bond acceptors (Lipinski definition) is 5. The van der Waals surface area contributed by atoms with Gasteiger partial charge in [-0.05, 0) is 34.0 Å². The number of amides is 1. The van der Waals surface area contributed by atoms with Crippen LogP contribution in [-0.4, -0.2) is 37.3 Å². The molecule has 0 fully saturated rings. The average Bonchev–Trinajstić information content (AvgIpc) is 3.04. The van der Waals surface area contributed by atoms with Gasteiger partial charge >= 0.3 is 0 Å². The number of ketones is 1. The van der Waals surface area contributed by atoms with Crippen molar-refractivity contribution in [1.82, 2.24) is 24.6 Å². The minimum atomic E-state index is -0.125. The maximum absolute atomic E-state index is 12.3. The van der Waals surface area contributed by atoms with Crippen LogP contribution in [0, 0.1) is 13.8 Å². The predicted molar refractivity (Wildman–Crippen MR) is 97.9 cm³/mol. The summed E-state index contributed by atoms with van der Waals surface area (Å²) >= 11 is 1.57. The number of Topliss-reactive ketones (excluding diaryl/α,β-unsaturated/α-hetero) is 1. The lowest BCUT2D eigenvalue weighted by atomic mass is 10.1. The molecular weight excluding hydrogens is 338 g/mol. The molecule has 0 aromatic carbocycles. The van der Waals surface area contributed by atoms with Crippen molar-refractivity contribution in [1.29, 1.82) is 0 Å². The quantitative estimate of drug-likeness (QED) is 0.603. The van der Waals surface area contributed by atoms with Crippen LogP contribution in [0.4, 0.5) is 0 Å². The Hall–Kier alpha value is -2.09. The molecule has 2 heterocycles. The lowest BCUT2D eigenvalue weighted by Crippen LogP contribution is -2.27. The predicted octanol–water partition coefficient (Wildman–Crippen LogP) is 2.43. The smallest absolute Gasteiger partial charge is 0.222 e. The van der Waals surface area contributed by atoms with Gasteiger partial charge in [-0.15, -0.1) is 0 Å². The molecule has 0 aliphatic carbocycles. The Morgan fingerprint density at radius 2 is 2.04 bits per heavy atom. The molecule has 0 aliphatic rings. The van der Waals surface area contributed by atoms with Crippen molar-refractivity contribution in [3.05, 3.63) is 28.8 Å². The van der Waals surface area contributed by atoms with Gasteiger partial charge < -0.3 is 9.88 Å². The molecule has 0 saturated heterocycles. The molecular formula is C17H25N5O2S. The summed E-state index contributed by atoms with van der Waals surface area (Å²) in [7, 11) is 1.93. The number of thioether (sulfide) groups is 1. The van der Waals surface area contributed by atoms with E-state index < -0.39 is 0 Å². The number of hydrogen-bond donors (Lipinski definition) is 1. The molecule has 25 heavy (non-hydrogen) atoms. The van der Waals surface area contributed by atoms with Crippen LogP contribution in [0.1, 0.15) is 53.7 Å². The van der Waals surface area contributed by atoms with E-state index in [1.54, 1.807) is 22.6 Å². The first kappa shape index (κ1) is 19.2. The van der Waals surface area contributed by atoms with Gasteiger partial charge in [0.2, 0.25) is 5.91 Å². The largest absolute Gasteiger partial charge is 0.350 e. The maximum atomic E-state index is 12.3. The van der Waals surface area contributed by atoms with Gasteiger partial charge in [0, 0.05) is 19.2 Å². The van der Waals surface area contributed by atoms with Gasteiger partial charge in [-0.2, -0.15) is 5.10 Å². The van der Waals surface area contributed by atoms with Gasteiger partial charge in [0.25, 0.3) is 0 Å². The first-order valence-corrected chi connectivity index (χ1v) is 9.36. The molecule has 2 rings (SSSR count). The molecule has 136 valence electrons. The molecule has 1 amide bonds. The second-order valence-corrected chi connectivity index (χ2v) is 6.95. The second kappa shape index (κ2) is 7.86. The maximum Gasteiger partial charge on any atom is 0.222 e. The molecule has 8 heteroatoms. The van der Waals surface area contributed by atoms with Crippen LogP contribution in [0.5, 0.6) is 0 Å². The third-order valence-electron chi connectivity index (χ3n) is 4.27. The Labute approximate surface area is 152 Å². The Morgan fingerprint density at radius 3 is 2.56 bits per heavy atom. The summed E-state index contributed by atoms with van der Waals surface area (Å²) in [6, 6.07) is -0.125. The summed E-state index contributed by atoms with van der Waals surface area (Å²) in [4.78, 5) is 28.3. The highest BCUT2D eigenvalue weighted by Crippen LogP contribution is 2.20. The Bertz CT molecular complexity index is 793. The SMILES string of the molecule is CSc1ncc(CNC(=O)C[C@H](C)n2nc(C)c(C(C)=O)c2C)n1C. The van der Waals surface area contributed by atoms with Crippen LogP contribution >= 0.6 is 11.8 Å². The van der Waals surface area contributed by atoms with Crippen molar-refractivity contribution in [3.8, 4) is 0 Å². The van der Waals surface area contributed by atoms with Crippen molar-refractivity contribution in [2.24, 2.45) is 7.05 Å². The standard InChI is InChI=1S/C17H25N5O2S/c1-10(22-12(3)16(13(4)23)11(2)20-22)7-15(24)18-8-14-9-19-17(25-6)21(14)5/h9-10H,7-8H2,1-6H3,(H,18,24)/t10-/m0/s1. The van der Waals surface area contributed by atoms with E-state index in [0.29, 0.717) is 24.2 Å². The van der Waals surface area contributed by atoms with E-state index >= 15 is 0 Å². The third-order valence-corrected chi connectivity index (χ3v) is 5.01. The van der Waals surface area contributed by atoms with Gasteiger partial charge in [-0.1, -0.05) is 11.8 Å². The van der Waals surface area contributed by atoms with E-state index in [1.165, 1.54) is 6.92 Å². The highest BCUT2D eigenvalue weighted by atomic mass is 32.2. The lowest BCUT2D eigenvalue weighted by Gasteiger charge is -2.14. The summed E-state index contributed by atoms with van der Waals surface area (Å²) in [6.45, 7) is 7.59. The molecule has 1 N–H and O–H groups in total. The van der Waals surface area contributed by atoms with Crippen molar-refractivity contribution in [2.75, 3.05) is 6.26 Å². The molecule has 7 nitrogen and oxygen atoms in total. The van der Waals surface area contributed by atoms with Crippen LogP contribution in [-0.2, 0) is 18.4 Å². The van der Waals surface area contributed by atoms with E-state index in [4.69, 9.17) is 0 Å². The van der Waals surface area contributed by atoms with Crippen molar-refractivity contribution in [3.63, 3.8) is 0 Å². The summed E-state index contributed by atoms with van der Waals surface area (Å²) in [5.41, 5.74) is 3.11. The molecule has 2 aromatic heterocycles. The zero-order valence-electron chi connectivity index (χ0n) is 15.6. The highest BCUT2D eigenvalue weighted by molar-refractivity contribution is 7.98. The minimum Gasteiger partial charge on any atom is -0.350 e. The van der Waals surface area contributed by atoms with Crippen LogP contribution in [0.15, 0.2) is 11.4 Å². The fourth-order valence-electron chi connectivity index (χ4n) is 3.00. The molecule has 0 radical (unpaired) electrons. The number of carbonyl (C=O) groups excluding carboxylic acids is 2. The number of imidazole rings is 1. The van der Waals surface area contributed by atoms with Crippen LogP contribution in [0.25, 0.3) is 0 Å². The van der Waals surface area contributed by atoms with Crippen LogP contribution in [0.2, 0.25) is 0 Å². The van der Waals surface area contributed by atoms with E-state index in [2.05, 4.69) is 15.4 Å². The third kappa shape index (κ3) is 4.12. The Balaban J connectivity index is 1.99. The normalized spacial score (nSPS) is 12.2. The summed E-state index contributed by atoms with van der Waals surface area (Å²) in [5.74, 6) is -0.0602. The van der Waals surface area contributed by atoms with Crippen molar-refractivity contribution >= 4 is 23.5 Å². The first-order chi connectivity index (χ1) is 11.8. The van der Waals surface area contributed by atoms with Crippen LogP contribution in [0.3, 0.4) is 0 Å². The lowest BCUT2D eigenvalue weighted by molar-refractivity contribution is -0.122. The number of carbonyl (C=O) groups is 2. The summed E-state index contributed by atoms with van der Waals surface area (Å²) in [5, 5.41) is 8.27. The Kier molecular flexibility index (Phi) is 6.05. The van der Waals surface area contributed by atoms with Gasteiger partial charge in [-0.3, -0.25) is 14.3 Å². The van der Waals surface area contributed by atoms with E-state index in [9.17, 15) is 9.59 Å².